The van der Waals surface area contributed by atoms with Crippen LogP contribution < -0.4 is 4.74 Å². The van der Waals surface area contributed by atoms with Gasteiger partial charge in [-0.3, -0.25) is 4.79 Å². The highest BCUT2D eigenvalue weighted by atomic mass is 16.5. The van der Waals surface area contributed by atoms with Crippen molar-refractivity contribution >= 4 is 5.97 Å². The van der Waals surface area contributed by atoms with E-state index >= 15 is 0 Å². The number of benzene rings is 2. The predicted molar refractivity (Wildman–Crippen MR) is 93.5 cm³/mol. The third-order valence-corrected chi connectivity index (χ3v) is 4.78. The zero-order valence-electron chi connectivity index (χ0n) is 14.3. The van der Waals surface area contributed by atoms with E-state index in [9.17, 15) is 4.79 Å². The first-order chi connectivity index (χ1) is 10.9. The van der Waals surface area contributed by atoms with Crippen LogP contribution in [0.15, 0.2) is 48.5 Å². The first-order valence-corrected chi connectivity index (χ1v) is 8.29. The minimum absolute atomic E-state index is 0.0470. The molecule has 2 aromatic rings. The van der Waals surface area contributed by atoms with Crippen LogP contribution in [-0.4, -0.2) is 5.97 Å². The van der Waals surface area contributed by atoms with Gasteiger partial charge in [-0.2, -0.15) is 0 Å². The molecule has 0 amide bonds. The molecule has 1 saturated carbocycles. The van der Waals surface area contributed by atoms with Crippen LogP contribution in [0, 0.1) is 11.3 Å². The van der Waals surface area contributed by atoms with E-state index in [1.807, 2.05) is 24.3 Å². The van der Waals surface area contributed by atoms with Gasteiger partial charge in [0.2, 0.25) is 0 Å². The lowest BCUT2D eigenvalue weighted by Gasteiger charge is -2.09. The fourth-order valence-corrected chi connectivity index (χ4v) is 2.83. The Labute approximate surface area is 138 Å². The van der Waals surface area contributed by atoms with E-state index < -0.39 is 0 Å². The summed E-state index contributed by atoms with van der Waals surface area (Å²) >= 11 is 0. The molecule has 2 heteroatoms. The van der Waals surface area contributed by atoms with E-state index in [0.717, 1.165) is 12.0 Å². The summed E-state index contributed by atoms with van der Waals surface area (Å²) in [5.74, 6) is 1.10. The Hall–Kier alpha value is -2.09. The highest BCUT2D eigenvalue weighted by Gasteiger charge is 2.51. The SMILES string of the molecule is CC(C)c1ccc(-c2ccc(OC(=O)C3CC3(C)C)cc2)cc1. The summed E-state index contributed by atoms with van der Waals surface area (Å²) in [6, 6.07) is 16.4. The number of ether oxygens (including phenoxy) is 1. The molecule has 0 heterocycles. The highest BCUT2D eigenvalue weighted by Crippen LogP contribution is 2.52. The highest BCUT2D eigenvalue weighted by molar-refractivity contribution is 5.79. The van der Waals surface area contributed by atoms with Gasteiger partial charge in [-0.1, -0.05) is 64.1 Å². The maximum Gasteiger partial charge on any atom is 0.314 e. The number of carbonyl (C=O) groups is 1. The Morgan fingerprint density at radius 1 is 1.00 bits per heavy atom. The number of rotatable bonds is 4. The minimum Gasteiger partial charge on any atom is -0.426 e. The molecule has 3 rings (SSSR count). The van der Waals surface area contributed by atoms with E-state index in [-0.39, 0.29) is 17.3 Å². The second-order valence-corrected chi connectivity index (χ2v) is 7.47. The molecular weight excluding hydrogens is 284 g/mol. The van der Waals surface area contributed by atoms with Gasteiger partial charge in [-0.25, -0.2) is 0 Å². The summed E-state index contributed by atoms with van der Waals surface area (Å²) in [4.78, 5) is 12.0. The van der Waals surface area contributed by atoms with Crippen molar-refractivity contribution in [3.05, 3.63) is 54.1 Å². The second-order valence-electron chi connectivity index (χ2n) is 7.47. The molecule has 0 aromatic heterocycles. The summed E-state index contributed by atoms with van der Waals surface area (Å²) in [5, 5.41) is 0. The normalized spacial score (nSPS) is 18.7. The molecule has 1 aliphatic carbocycles. The lowest BCUT2D eigenvalue weighted by atomic mass is 9.99. The molecule has 0 aliphatic heterocycles. The molecule has 0 spiro atoms. The van der Waals surface area contributed by atoms with Gasteiger partial charge in [0.15, 0.2) is 0 Å². The zero-order valence-corrected chi connectivity index (χ0v) is 14.3. The second kappa shape index (κ2) is 5.84. The van der Waals surface area contributed by atoms with Crippen molar-refractivity contribution in [2.24, 2.45) is 11.3 Å². The quantitative estimate of drug-likeness (QED) is 0.556. The summed E-state index contributed by atoms with van der Waals surface area (Å²) in [6.07, 6.45) is 0.923. The van der Waals surface area contributed by atoms with Crippen LogP contribution in [0.5, 0.6) is 5.75 Å². The summed E-state index contributed by atoms with van der Waals surface area (Å²) in [7, 11) is 0. The standard InChI is InChI=1S/C21H24O2/c1-14(2)15-5-7-16(8-6-15)17-9-11-18(12-10-17)23-20(22)19-13-21(19,3)4/h5-12,14,19H,13H2,1-4H3. The van der Waals surface area contributed by atoms with E-state index in [0.29, 0.717) is 11.7 Å². The van der Waals surface area contributed by atoms with Crippen LogP contribution in [0.2, 0.25) is 0 Å². The zero-order chi connectivity index (χ0) is 16.6. The van der Waals surface area contributed by atoms with Crippen LogP contribution in [0.4, 0.5) is 0 Å². The molecule has 0 N–H and O–H groups in total. The maximum absolute atomic E-state index is 12.0. The largest absolute Gasteiger partial charge is 0.426 e. The number of hydrogen-bond donors (Lipinski definition) is 0. The van der Waals surface area contributed by atoms with Crippen molar-refractivity contribution in [3.8, 4) is 16.9 Å². The van der Waals surface area contributed by atoms with Gasteiger partial charge in [0.1, 0.15) is 5.75 Å². The molecule has 23 heavy (non-hydrogen) atoms. The molecule has 1 fully saturated rings. The average molecular weight is 308 g/mol. The van der Waals surface area contributed by atoms with Crippen molar-refractivity contribution in [1.82, 2.24) is 0 Å². The Balaban J connectivity index is 1.68. The molecule has 1 unspecified atom stereocenters. The van der Waals surface area contributed by atoms with Gasteiger partial charge < -0.3 is 4.74 Å². The van der Waals surface area contributed by atoms with E-state index in [2.05, 4.69) is 52.0 Å². The Kier molecular flexibility index (Phi) is 4.01. The molecule has 2 nitrogen and oxygen atoms in total. The van der Waals surface area contributed by atoms with Gasteiger partial charge in [-0.05, 0) is 46.6 Å². The fourth-order valence-electron chi connectivity index (χ4n) is 2.83. The average Bonchev–Trinajstić information content (AvgIpc) is 3.17. The Morgan fingerprint density at radius 3 is 1.91 bits per heavy atom. The van der Waals surface area contributed by atoms with Crippen LogP contribution in [0.3, 0.4) is 0 Å². The van der Waals surface area contributed by atoms with E-state index in [4.69, 9.17) is 4.74 Å². The minimum atomic E-state index is -0.107. The van der Waals surface area contributed by atoms with E-state index in [1.165, 1.54) is 11.1 Å². The predicted octanol–water partition coefficient (Wildman–Crippen LogP) is 5.43. The van der Waals surface area contributed by atoms with Crippen LogP contribution in [-0.2, 0) is 4.79 Å². The van der Waals surface area contributed by atoms with Crippen molar-refractivity contribution in [3.63, 3.8) is 0 Å². The molecule has 2 aromatic carbocycles. The van der Waals surface area contributed by atoms with Crippen LogP contribution in [0.25, 0.3) is 11.1 Å². The van der Waals surface area contributed by atoms with E-state index in [1.54, 1.807) is 0 Å². The number of hydrogen-bond acceptors (Lipinski definition) is 2. The Bertz CT molecular complexity index is 694. The third-order valence-electron chi connectivity index (χ3n) is 4.78. The van der Waals surface area contributed by atoms with Gasteiger partial charge >= 0.3 is 5.97 Å². The van der Waals surface area contributed by atoms with Crippen LogP contribution >= 0.6 is 0 Å². The number of esters is 1. The monoisotopic (exact) mass is 308 g/mol. The lowest BCUT2D eigenvalue weighted by Crippen LogP contribution is -2.13. The summed E-state index contributed by atoms with van der Waals surface area (Å²) in [5.41, 5.74) is 3.75. The molecular formula is C21H24O2. The first kappa shape index (κ1) is 15.8. The van der Waals surface area contributed by atoms with Gasteiger partial charge in [0.05, 0.1) is 5.92 Å². The van der Waals surface area contributed by atoms with Crippen molar-refractivity contribution in [2.75, 3.05) is 0 Å². The molecule has 0 saturated heterocycles. The topological polar surface area (TPSA) is 26.3 Å². The molecule has 0 radical (unpaired) electrons. The lowest BCUT2D eigenvalue weighted by molar-refractivity contribution is -0.136. The van der Waals surface area contributed by atoms with Crippen molar-refractivity contribution < 1.29 is 9.53 Å². The van der Waals surface area contributed by atoms with Gasteiger partial charge in [0.25, 0.3) is 0 Å². The third kappa shape index (κ3) is 3.47. The summed E-state index contributed by atoms with van der Waals surface area (Å²) in [6.45, 7) is 8.59. The molecule has 1 aliphatic rings. The fraction of sp³-hybridized carbons (Fsp3) is 0.381. The van der Waals surface area contributed by atoms with Crippen molar-refractivity contribution in [2.45, 2.75) is 40.0 Å². The van der Waals surface area contributed by atoms with Gasteiger partial charge in [-0.15, -0.1) is 0 Å². The Morgan fingerprint density at radius 2 is 1.48 bits per heavy atom. The number of carbonyl (C=O) groups excluding carboxylic acids is 1. The van der Waals surface area contributed by atoms with Gasteiger partial charge in [0, 0.05) is 0 Å². The molecule has 120 valence electrons. The van der Waals surface area contributed by atoms with Crippen molar-refractivity contribution in [1.29, 1.82) is 0 Å². The van der Waals surface area contributed by atoms with Crippen LogP contribution in [0.1, 0.15) is 45.6 Å². The maximum atomic E-state index is 12.0. The molecule has 0 bridgehead atoms. The first-order valence-electron chi connectivity index (χ1n) is 8.29. The summed E-state index contributed by atoms with van der Waals surface area (Å²) < 4.78 is 5.48. The molecule has 1 atom stereocenters. The smallest absolute Gasteiger partial charge is 0.314 e.